The third-order valence-corrected chi connectivity index (χ3v) is 4.92. The van der Waals surface area contributed by atoms with Crippen molar-refractivity contribution in [2.75, 3.05) is 44.2 Å². The lowest BCUT2D eigenvalue weighted by Crippen LogP contribution is -2.49. The van der Waals surface area contributed by atoms with Gasteiger partial charge >= 0.3 is 0 Å². The Bertz CT molecular complexity index is 594. The van der Waals surface area contributed by atoms with Crippen LogP contribution in [-0.2, 0) is 11.2 Å². The first kappa shape index (κ1) is 16.0. The predicted octanol–water partition coefficient (Wildman–Crippen LogP) is 1.62. The molecule has 5 nitrogen and oxygen atoms in total. The Morgan fingerprint density at radius 2 is 2.04 bits per heavy atom. The number of rotatable bonds is 6. The van der Waals surface area contributed by atoms with Crippen LogP contribution in [0, 0.1) is 0 Å². The number of nitrogens with one attached hydrogen (secondary N) is 1. The van der Waals surface area contributed by atoms with Crippen molar-refractivity contribution in [3.63, 3.8) is 0 Å². The highest BCUT2D eigenvalue weighted by Crippen LogP contribution is 2.12. The van der Waals surface area contributed by atoms with Crippen LogP contribution in [0.2, 0.25) is 0 Å². The van der Waals surface area contributed by atoms with Crippen LogP contribution >= 0.6 is 11.3 Å². The van der Waals surface area contributed by atoms with Crippen molar-refractivity contribution >= 4 is 23.1 Å². The average Bonchev–Trinajstić information content (AvgIpc) is 3.10. The lowest BCUT2D eigenvalue weighted by molar-refractivity contribution is -0.122. The van der Waals surface area contributed by atoms with Gasteiger partial charge in [0, 0.05) is 43.8 Å². The topological polar surface area (TPSA) is 48.5 Å². The van der Waals surface area contributed by atoms with E-state index in [1.807, 2.05) is 30.5 Å². The summed E-state index contributed by atoms with van der Waals surface area (Å²) in [6.45, 7) is 4.83. The SMILES string of the molecule is O=C(CN1CCN(c2ccccn2)CC1)NCCc1cccs1. The summed E-state index contributed by atoms with van der Waals surface area (Å²) in [6.07, 6.45) is 2.74. The molecule has 0 bridgehead atoms. The number of aromatic nitrogens is 1. The first-order valence-corrected chi connectivity index (χ1v) is 8.86. The number of hydrogen-bond acceptors (Lipinski definition) is 5. The van der Waals surface area contributed by atoms with Crippen LogP contribution in [0.3, 0.4) is 0 Å². The largest absolute Gasteiger partial charge is 0.355 e. The Kier molecular flexibility index (Phi) is 5.60. The minimum Gasteiger partial charge on any atom is -0.355 e. The number of nitrogens with zero attached hydrogens (tertiary/aromatic N) is 3. The first-order valence-electron chi connectivity index (χ1n) is 7.99. The number of piperazine rings is 1. The second-order valence-corrected chi connectivity index (χ2v) is 6.66. The summed E-state index contributed by atoms with van der Waals surface area (Å²) in [6, 6.07) is 10.1. The highest BCUT2D eigenvalue weighted by molar-refractivity contribution is 7.09. The number of carbonyl (C=O) groups is 1. The molecular weight excluding hydrogens is 308 g/mol. The van der Waals surface area contributed by atoms with Crippen LogP contribution in [-0.4, -0.2) is 55.1 Å². The van der Waals surface area contributed by atoms with E-state index < -0.39 is 0 Å². The average molecular weight is 330 g/mol. The fourth-order valence-electron chi connectivity index (χ4n) is 2.71. The number of carbonyl (C=O) groups excluding carboxylic acids is 1. The molecule has 2 aromatic heterocycles. The zero-order chi connectivity index (χ0) is 15.9. The highest BCUT2D eigenvalue weighted by atomic mass is 32.1. The molecule has 3 rings (SSSR count). The van der Waals surface area contributed by atoms with Crippen LogP contribution in [0.5, 0.6) is 0 Å². The summed E-state index contributed by atoms with van der Waals surface area (Å²) in [5.41, 5.74) is 0. The van der Waals surface area contributed by atoms with E-state index in [1.54, 1.807) is 11.3 Å². The summed E-state index contributed by atoms with van der Waals surface area (Å²) < 4.78 is 0. The number of thiophene rings is 1. The van der Waals surface area contributed by atoms with E-state index in [0.29, 0.717) is 13.1 Å². The molecule has 1 fully saturated rings. The lowest BCUT2D eigenvalue weighted by Gasteiger charge is -2.34. The maximum Gasteiger partial charge on any atom is 0.234 e. The monoisotopic (exact) mass is 330 g/mol. The van der Waals surface area contributed by atoms with Crippen molar-refractivity contribution in [1.82, 2.24) is 15.2 Å². The third-order valence-electron chi connectivity index (χ3n) is 3.99. The minimum absolute atomic E-state index is 0.118. The van der Waals surface area contributed by atoms with Gasteiger partial charge in [0.05, 0.1) is 6.54 Å². The Balaban J connectivity index is 1.36. The Labute approximate surface area is 140 Å². The standard InChI is InChI=1S/C17H22N4OS/c22-17(19-8-6-15-4-3-13-23-15)14-20-9-11-21(12-10-20)16-5-1-2-7-18-16/h1-5,7,13H,6,8-12,14H2,(H,19,22). The molecule has 1 N–H and O–H groups in total. The van der Waals surface area contributed by atoms with Gasteiger partial charge in [0.15, 0.2) is 0 Å². The van der Waals surface area contributed by atoms with Gasteiger partial charge in [-0.25, -0.2) is 4.98 Å². The van der Waals surface area contributed by atoms with Crippen LogP contribution in [0.25, 0.3) is 0 Å². The molecule has 2 aromatic rings. The van der Waals surface area contributed by atoms with E-state index >= 15 is 0 Å². The van der Waals surface area contributed by atoms with Crippen molar-refractivity contribution in [1.29, 1.82) is 0 Å². The van der Waals surface area contributed by atoms with Crippen LogP contribution in [0.15, 0.2) is 41.9 Å². The quantitative estimate of drug-likeness (QED) is 0.874. The lowest BCUT2D eigenvalue weighted by atomic mass is 10.3. The Morgan fingerprint density at radius 3 is 2.74 bits per heavy atom. The molecule has 6 heteroatoms. The minimum atomic E-state index is 0.118. The number of amides is 1. The number of hydrogen-bond donors (Lipinski definition) is 1. The zero-order valence-corrected chi connectivity index (χ0v) is 14.0. The van der Waals surface area contributed by atoms with Gasteiger partial charge in [-0.1, -0.05) is 12.1 Å². The van der Waals surface area contributed by atoms with Crippen LogP contribution in [0.1, 0.15) is 4.88 Å². The Hall–Kier alpha value is -1.92. The van der Waals surface area contributed by atoms with Gasteiger partial charge in [0.2, 0.25) is 5.91 Å². The maximum atomic E-state index is 12.0. The van der Waals surface area contributed by atoms with E-state index in [9.17, 15) is 4.79 Å². The molecule has 0 radical (unpaired) electrons. The van der Waals surface area contributed by atoms with Gasteiger partial charge in [-0.3, -0.25) is 9.69 Å². The molecule has 0 aliphatic carbocycles. The first-order chi connectivity index (χ1) is 11.3. The molecule has 1 aliphatic heterocycles. The van der Waals surface area contributed by atoms with Crippen molar-refractivity contribution in [3.8, 4) is 0 Å². The van der Waals surface area contributed by atoms with Crippen molar-refractivity contribution in [2.24, 2.45) is 0 Å². The summed E-state index contributed by atoms with van der Waals surface area (Å²) in [4.78, 5) is 22.2. The normalized spacial score (nSPS) is 15.6. The highest BCUT2D eigenvalue weighted by Gasteiger charge is 2.19. The number of anilines is 1. The molecule has 122 valence electrons. The molecule has 0 atom stereocenters. The second kappa shape index (κ2) is 8.08. The predicted molar refractivity (Wildman–Crippen MR) is 93.9 cm³/mol. The van der Waals surface area contributed by atoms with E-state index in [1.165, 1.54) is 4.88 Å². The molecule has 0 unspecified atom stereocenters. The van der Waals surface area contributed by atoms with Crippen LogP contribution in [0.4, 0.5) is 5.82 Å². The van der Waals surface area contributed by atoms with Gasteiger partial charge in [-0.15, -0.1) is 11.3 Å². The van der Waals surface area contributed by atoms with Crippen LogP contribution < -0.4 is 10.2 Å². The number of pyridine rings is 1. The molecule has 1 aliphatic rings. The Morgan fingerprint density at radius 1 is 1.17 bits per heavy atom. The molecule has 1 amide bonds. The fraction of sp³-hybridized carbons (Fsp3) is 0.412. The molecule has 3 heterocycles. The van der Waals surface area contributed by atoms with Gasteiger partial charge in [-0.05, 0) is 30.0 Å². The molecular formula is C17H22N4OS. The third kappa shape index (κ3) is 4.77. The summed E-state index contributed by atoms with van der Waals surface area (Å²) >= 11 is 1.74. The molecule has 0 saturated carbocycles. The summed E-state index contributed by atoms with van der Waals surface area (Å²) in [7, 11) is 0. The smallest absolute Gasteiger partial charge is 0.234 e. The van der Waals surface area contributed by atoms with Gasteiger partial charge in [0.1, 0.15) is 5.82 Å². The maximum absolute atomic E-state index is 12.0. The fourth-order valence-corrected chi connectivity index (χ4v) is 3.42. The zero-order valence-electron chi connectivity index (χ0n) is 13.1. The summed E-state index contributed by atoms with van der Waals surface area (Å²) in [5.74, 6) is 1.14. The molecule has 23 heavy (non-hydrogen) atoms. The molecule has 0 aromatic carbocycles. The van der Waals surface area contributed by atoms with E-state index in [-0.39, 0.29) is 5.91 Å². The van der Waals surface area contributed by atoms with E-state index in [4.69, 9.17) is 0 Å². The van der Waals surface area contributed by atoms with Crippen molar-refractivity contribution in [2.45, 2.75) is 6.42 Å². The second-order valence-electron chi connectivity index (χ2n) is 5.63. The van der Waals surface area contributed by atoms with E-state index in [2.05, 4.69) is 31.5 Å². The molecule has 0 spiro atoms. The van der Waals surface area contributed by atoms with Gasteiger partial charge in [0.25, 0.3) is 0 Å². The van der Waals surface area contributed by atoms with Gasteiger partial charge in [-0.2, -0.15) is 0 Å². The van der Waals surface area contributed by atoms with Crippen molar-refractivity contribution in [3.05, 3.63) is 46.8 Å². The summed E-state index contributed by atoms with van der Waals surface area (Å²) in [5, 5.41) is 5.08. The van der Waals surface area contributed by atoms with E-state index in [0.717, 1.165) is 38.4 Å². The van der Waals surface area contributed by atoms with Crippen molar-refractivity contribution < 1.29 is 4.79 Å². The van der Waals surface area contributed by atoms with Gasteiger partial charge < -0.3 is 10.2 Å². The molecule has 1 saturated heterocycles.